The molecule has 1 fully saturated rings. The summed E-state index contributed by atoms with van der Waals surface area (Å²) < 4.78 is 125. The van der Waals surface area contributed by atoms with Gasteiger partial charge in [-0.3, -0.25) is 0 Å². The van der Waals surface area contributed by atoms with Gasteiger partial charge in [-0.15, -0.1) is 0 Å². The summed E-state index contributed by atoms with van der Waals surface area (Å²) in [5.41, 5.74) is 15.6. The van der Waals surface area contributed by atoms with Gasteiger partial charge in [0.15, 0.2) is 25.4 Å². The van der Waals surface area contributed by atoms with Crippen molar-refractivity contribution in [2.75, 3.05) is 74.7 Å². The average molecular weight is 2060 g/mol. The Labute approximate surface area is 815 Å². The van der Waals surface area contributed by atoms with Crippen molar-refractivity contribution in [3.05, 3.63) is 190 Å². The third kappa shape index (κ3) is 23.1. The number of carbonyl (C=O) groups excluding carboxylic acids is 3. The molecule has 4 atom stereocenters. The smallest absolute Gasteiger partial charge is 0.434 e. The summed E-state index contributed by atoms with van der Waals surface area (Å²) in [5, 5.41) is 12.8. The highest BCUT2D eigenvalue weighted by Gasteiger charge is 2.41. The lowest BCUT2D eigenvalue weighted by Crippen LogP contribution is -2.44. The molecule has 5 aliphatic heterocycles. The number of halogens is 6. The Morgan fingerprint density at radius 1 is 0.500 bits per heavy atom. The Kier molecular flexibility index (Phi) is 34.4. The predicted octanol–water partition coefficient (Wildman–Crippen LogP) is 17.7. The van der Waals surface area contributed by atoms with Gasteiger partial charge >= 0.3 is 45.4 Å². The summed E-state index contributed by atoms with van der Waals surface area (Å²) in [6, 6.07) is 21.2. The molecule has 32 nitrogen and oxygen atoms in total. The van der Waals surface area contributed by atoms with Crippen LogP contribution in [0, 0.1) is 58.3 Å². The predicted molar refractivity (Wildman–Crippen MR) is 531 cm³/mol. The van der Waals surface area contributed by atoms with Crippen molar-refractivity contribution in [1.29, 1.82) is 0 Å². The molecule has 728 valence electrons. The second kappa shape index (κ2) is 44.0. The van der Waals surface area contributed by atoms with Crippen LogP contribution in [0.25, 0.3) is 44.1 Å². The van der Waals surface area contributed by atoms with E-state index in [0.29, 0.717) is 83.2 Å². The Morgan fingerprint density at radius 2 is 0.890 bits per heavy atom. The zero-order chi connectivity index (χ0) is 98.8. The number of benzene rings is 5. The first-order valence-corrected chi connectivity index (χ1v) is 50.4. The zero-order valence-corrected chi connectivity index (χ0v) is 85.7. The van der Waals surface area contributed by atoms with Gasteiger partial charge < -0.3 is 71.3 Å². The molecule has 12 heterocycles. The fourth-order valence-electron chi connectivity index (χ4n) is 17.6. The number of carbonyl (C=O) groups is 3. The highest BCUT2D eigenvalue weighted by atomic mass is 79.9. The van der Waals surface area contributed by atoms with Crippen LogP contribution >= 0.6 is 43.5 Å². The van der Waals surface area contributed by atoms with Crippen LogP contribution in [0.1, 0.15) is 206 Å². The standard InChI is InChI=1S/C24H28BrN3O2.C22H27N5O4S.C21H27N5O3S.C17H23N3O2.C5HBrClF3N2.C3H9B3O3.CH4/c1-6-16-12-21-20(13-18(16)24(29)30-5)26-23-22(14(2)3)27(9-10-28(21)23)17-7-8-19(25)15(4)11-17;1-12(2)19-20-25-16-9-15(21(28)31-5)18(32(6,29)30)10-17(16)26(20)7-8-27(19)22-23-11-13(3)14(4)24-22;1-12(2)19-20-24-16-8-15(11-27)18(30(5,28)29)9-17(16)25(20)6-7-26(19)21-22-10-13(3)14(4)23-21;1-5-11-8-14-13(9-12(11)17(21)22-4)19-16-15(10(2)3)18-6-7-20(14)16;6-2-1-11-4(7)12-3(2)5(8,9)10;1-4-7-5(2)9-6(3)8-4;/h7-8,11-14,22H,6,9-10H2,1-5H3;9-12,19H,7-8H2,1-6H3;8-10,12,19,27H,6-7,11H2,1-5H3;8-10,15,18H,5-7H2,1-4H3;1H;1-3H3;1H4/t22-;2*19-;15-;;;/m1111.../s1. The largest absolute Gasteiger partial charge is 0.465 e. The first-order chi connectivity index (χ1) is 63.6. The first-order valence-electron chi connectivity index (χ1n) is 44.7. The van der Waals surface area contributed by atoms with Crippen molar-refractivity contribution in [3.8, 4) is 0 Å². The van der Waals surface area contributed by atoms with Gasteiger partial charge in [0.05, 0.1) is 127 Å². The van der Waals surface area contributed by atoms with Gasteiger partial charge in [0.1, 0.15) is 23.3 Å². The number of aliphatic hydroxyl groups excluding tert-OH is 1. The highest BCUT2D eigenvalue weighted by Crippen LogP contribution is 2.44. The van der Waals surface area contributed by atoms with E-state index in [1.807, 2.05) is 77.3 Å². The van der Waals surface area contributed by atoms with E-state index in [1.54, 1.807) is 12.1 Å². The van der Waals surface area contributed by atoms with E-state index >= 15 is 0 Å². The van der Waals surface area contributed by atoms with E-state index in [-0.39, 0.29) is 103 Å². The molecule has 5 aliphatic rings. The molecular formula is C93H119B3Br2ClF3N18O14S2. The van der Waals surface area contributed by atoms with Crippen molar-refractivity contribution < 1.29 is 77.4 Å². The second-order valence-corrected chi connectivity index (χ2v) is 41.2. The summed E-state index contributed by atoms with van der Waals surface area (Å²) in [7, 11) is -3.44. The van der Waals surface area contributed by atoms with Crippen LogP contribution in [0.2, 0.25) is 25.8 Å². The number of hydrogen-bond donors (Lipinski definition) is 2. The highest BCUT2D eigenvalue weighted by molar-refractivity contribution is 9.10. The molecule has 2 N–H and O–H groups in total. The lowest BCUT2D eigenvalue weighted by molar-refractivity contribution is -0.141. The van der Waals surface area contributed by atoms with E-state index in [1.165, 1.54) is 44.7 Å². The van der Waals surface area contributed by atoms with Crippen LogP contribution < -0.4 is 20.0 Å². The molecule has 0 amide bonds. The van der Waals surface area contributed by atoms with Gasteiger partial charge in [0, 0.05) is 105 Å². The molecule has 0 spiro atoms. The quantitative estimate of drug-likeness (QED) is 0.0416. The molecule has 43 heteroatoms. The molecule has 136 heavy (non-hydrogen) atoms. The third-order valence-corrected chi connectivity index (χ3v) is 28.3. The molecule has 0 unspecified atom stereocenters. The van der Waals surface area contributed by atoms with E-state index in [4.69, 9.17) is 64.4 Å². The number of imidazole rings is 4. The molecule has 0 bridgehead atoms. The number of aromatic nitrogens is 14. The van der Waals surface area contributed by atoms with E-state index in [9.17, 15) is 49.5 Å². The minimum Gasteiger partial charge on any atom is -0.465 e. The minimum absolute atomic E-state index is 0. The zero-order valence-electron chi connectivity index (χ0n) is 80.2. The lowest BCUT2D eigenvalue weighted by Gasteiger charge is -2.40. The Morgan fingerprint density at radius 3 is 1.27 bits per heavy atom. The van der Waals surface area contributed by atoms with Crippen LogP contribution in [0.5, 0.6) is 0 Å². The molecule has 0 radical (unpaired) electrons. The summed E-state index contributed by atoms with van der Waals surface area (Å²) in [6.07, 6.45) is 3.95. The fraction of sp³-hybridized carbons (Fsp3) is 0.473. The maximum atomic E-state index is 12.4. The maximum absolute atomic E-state index is 12.4. The number of fused-ring (bicyclic) bond motifs is 12. The number of aliphatic hydroxyl groups is 1. The number of ether oxygens (including phenoxy) is 3. The summed E-state index contributed by atoms with van der Waals surface area (Å²) in [5.74, 6) is 5.11. The van der Waals surface area contributed by atoms with E-state index in [0.717, 1.165) is 147 Å². The van der Waals surface area contributed by atoms with Crippen LogP contribution in [0.3, 0.4) is 0 Å². The molecule has 7 aromatic heterocycles. The fourth-order valence-corrected chi connectivity index (χ4v) is 20.2. The second-order valence-electron chi connectivity index (χ2n) is 35.2. The number of methoxy groups -OCH3 is 3. The molecular weight excluding hydrogens is 1940 g/mol. The number of esters is 3. The summed E-state index contributed by atoms with van der Waals surface area (Å²) in [4.78, 5) is 87.9. The first kappa shape index (κ1) is 106. The molecule has 1 saturated heterocycles. The maximum Gasteiger partial charge on any atom is 0.434 e. The SMILES string of the molecule is C.CB1OB(C)OB(C)O1.CCc1cc2c(cc1C(=O)OC)nc1n2CCN(c2ccc(Br)c(C)c2)[C@@H]1C(C)C.CCc1cc2c(cc1C(=O)OC)nc1n2CCN[C@@H]1C(C)C.COC(=O)c1cc2nc3n(c2cc1S(C)(=O)=O)CCN(c1ncc(C)c(C)n1)[C@@H]3C(C)C.Cc1cnc(N2CCn3c(nc4cc(CO)c(S(C)(=O)=O)cc43)[C@H]2C(C)C)nc1C.FC(F)(F)c1nc(Cl)ncc1Br. The Balaban J connectivity index is 0.000000163. The van der Waals surface area contributed by atoms with Crippen molar-refractivity contribution in [2.24, 2.45) is 23.7 Å². The average Bonchev–Trinajstić information content (AvgIpc) is 1.60. The molecule has 0 aliphatic carbocycles. The topological polar surface area (TPSA) is 365 Å². The van der Waals surface area contributed by atoms with Crippen LogP contribution in [0.4, 0.5) is 30.8 Å². The van der Waals surface area contributed by atoms with Gasteiger partial charge in [-0.1, -0.05) is 92.6 Å². The number of rotatable bonds is 15. The molecule has 12 aromatic rings. The monoisotopic (exact) mass is 2060 g/mol. The van der Waals surface area contributed by atoms with Crippen molar-refractivity contribution >= 4 is 164 Å². The summed E-state index contributed by atoms with van der Waals surface area (Å²) in [6.45, 7) is 43.0. The number of hydrogen-bond acceptors (Lipinski definition) is 28. The van der Waals surface area contributed by atoms with Crippen molar-refractivity contribution in [3.63, 3.8) is 0 Å². The van der Waals surface area contributed by atoms with E-state index < -0.39 is 42.8 Å². The molecule has 5 aromatic carbocycles. The van der Waals surface area contributed by atoms with Crippen LogP contribution in [-0.2, 0) is 99.4 Å². The number of anilines is 3. The summed E-state index contributed by atoms with van der Waals surface area (Å²) >= 11 is 11.5. The van der Waals surface area contributed by atoms with Gasteiger partial charge in [-0.25, -0.2) is 81.1 Å². The number of nitrogens with zero attached hydrogens (tertiary/aromatic N) is 17. The normalized spacial score (nSPS) is 16.5. The number of alkyl halides is 3. The van der Waals surface area contributed by atoms with Gasteiger partial charge in [0.2, 0.25) is 17.2 Å². The van der Waals surface area contributed by atoms with Gasteiger partial charge in [-0.05, 0) is 219 Å². The Bertz CT molecular complexity index is 6670. The van der Waals surface area contributed by atoms with Gasteiger partial charge in [0.25, 0.3) is 0 Å². The number of aryl methyl sites for hydroxylation is 7. The molecule has 0 saturated carbocycles. The number of sulfone groups is 2. The molecule has 17 rings (SSSR count). The lowest BCUT2D eigenvalue weighted by atomic mass is 9.74. The van der Waals surface area contributed by atoms with Gasteiger partial charge in [-0.2, -0.15) is 13.2 Å². The number of nitrogens with one attached hydrogen (secondary N) is 1. The van der Waals surface area contributed by atoms with E-state index in [2.05, 4.69) is 197 Å². The van der Waals surface area contributed by atoms with Crippen molar-refractivity contribution in [1.82, 2.24) is 73.4 Å². The van der Waals surface area contributed by atoms with Crippen LogP contribution in [0.15, 0.2) is 104 Å². The van der Waals surface area contributed by atoms with Crippen molar-refractivity contribution in [2.45, 2.75) is 218 Å². The Hall–Kier alpha value is -10.0. The third-order valence-electron chi connectivity index (χ3n) is 24.4. The minimum atomic E-state index is -4.51. The van der Waals surface area contributed by atoms with Crippen LogP contribution in [-0.4, -0.2) is 189 Å².